The molecule has 2 aromatic rings. The van der Waals surface area contributed by atoms with Gasteiger partial charge in [-0.3, -0.25) is 4.79 Å². The molecule has 1 amide bonds. The number of esters is 1. The molecule has 0 aliphatic rings. The van der Waals surface area contributed by atoms with Crippen LogP contribution in [-0.4, -0.2) is 24.7 Å². The van der Waals surface area contributed by atoms with Crippen molar-refractivity contribution in [2.45, 2.75) is 4.90 Å². The summed E-state index contributed by atoms with van der Waals surface area (Å²) in [5, 5.41) is 5.61. The summed E-state index contributed by atoms with van der Waals surface area (Å²) in [5.74, 6) is -0.389. The highest BCUT2D eigenvalue weighted by Gasteiger charge is 2.15. The second-order valence-corrected chi connectivity index (χ2v) is 6.35. The Morgan fingerprint density at radius 1 is 1.29 bits per heavy atom. The van der Waals surface area contributed by atoms with Crippen LogP contribution in [0.25, 0.3) is 0 Å². The lowest BCUT2D eigenvalue weighted by Gasteiger charge is -2.05. The molecule has 1 N–H and O–H groups in total. The first-order chi connectivity index (χ1) is 10.1. The average molecular weight is 342 g/mol. The summed E-state index contributed by atoms with van der Waals surface area (Å²) >= 11 is 8.48. The number of hydrogen-bond donors (Lipinski definition) is 1. The monoisotopic (exact) mass is 341 g/mol. The number of thioether (sulfide) groups is 1. The van der Waals surface area contributed by atoms with Gasteiger partial charge in [-0.25, -0.2) is 4.79 Å². The van der Waals surface area contributed by atoms with E-state index in [-0.39, 0.29) is 11.7 Å². The maximum Gasteiger partial charge on any atom is 0.340 e. The predicted octanol–water partition coefficient (Wildman–Crippen LogP) is 3.92. The van der Waals surface area contributed by atoms with Crippen molar-refractivity contribution < 1.29 is 14.3 Å². The van der Waals surface area contributed by atoms with Crippen LogP contribution < -0.4 is 5.32 Å². The number of anilines is 1. The SMILES string of the molecule is COC(=O)c1ccsc1NC(=O)CSc1ccc(Cl)cc1. The number of benzene rings is 1. The van der Waals surface area contributed by atoms with Gasteiger partial charge in [0.15, 0.2) is 0 Å². The summed E-state index contributed by atoms with van der Waals surface area (Å²) in [6.45, 7) is 0. The number of carbonyl (C=O) groups is 2. The van der Waals surface area contributed by atoms with E-state index >= 15 is 0 Å². The van der Waals surface area contributed by atoms with Gasteiger partial charge in [-0.15, -0.1) is 23.1 Å². The maximum atomic E-state index is 11.9. The zero-order valence-corrected chi connectivity index (χ0v) is 13.5. The van der Waals surface area contributed by atoms with E-state index < -0.39 is 5.97 Å². The van der Waals surface area contributed by atoms with Crippen molar-refractivity contribution in [1.82, 2.24) is 0 Å². The van der Waals surface area contributed by atoms with Gasteiger partial charge in [0.25, 0.3) is 0 Å². The van der Waals surface area contributed by atoms with E-state index in [1.54, 1.807) is 23.6 Å². The number of carbonyl (C=O) groups excluding carboxylic acids is 2. The minimum atomic E-state index is -0.461. The number of nitrogens with one attached hydrogen (secondary N) is 1. The Hall–Kier alpha value is -1.50. The van der Waals surface area contributed by atoms with Crippen LogP contribution in [0, 0.1) is 0 Å². The van der Waals surface area contributed by atoms with Crippen molar-refractivity contribution >= 4 is 51.6 Å². The molecule has 4 nitrogen and oxygen atoms in total. The van der Waals surface area contributed by atoms with Gasteiger partial charge < -0.3 is 10.1 Å². The van der Waals surface area contributed by atoms with E-state index in [0.29, 0.717) is 15.6 Å². The zero-order chi connectivity index (χ0) is 15.2. The Kier molecular flexibility index (Phi) is 5.67. The lowest BCUT2D eigenvalue weighted by Crippen LogP contribution is -2.15. The second-order valence-electron chi connectivity index (χ2n) is 3.95. The van der Waals surface area contributed by atoms with Crippen LogP contribution in [0.2, 0.25) is 5.02 Å². The van der Waals surface area contributed by atoms with E-state index in [1.807, 2.05) is 12.1 Å². The van der Waals surface area contributed by atoms with E-state index in [2.05, 4.69) is 10.1 Å². The van der Waals surface area contributed by atoms with Crippen molar-refractivity contribution in [2.24, 2.45) is 0 Å². The van der Waals surface area contributed by atoms with Gasteiger partial charge in [-0.05, 0) is 35.7 Å². The smallest absolute Gasteiger partial charge is 0.340 e. The molecule has 1 heterocycles. The van der Waals surface area contributed by atoms with E-state index in [4.69, 9.17) is 11.6 Å². The number of ether oxygens (including phenoxy) is 1. The van der Waals surface area contributed by atoms with Gasteiger partial charge in [-0.2, -0.15) is 0 Å². The third kappa shape index (κ3) is 4.49. The number of hydrogen-bond acceptors (Lipinski definition) is 5. The molecular weight excluding hydrogens is 330 g/mol. The van der Waals surface area contributed by atoms with E-state index in [1.165, 1.54) is 30.2 Å². The Morgan fingerprint density at radius 3 is 2.67 bits per heavy atom. The number of rotatable bonds is 5. The van der Waals surface area contributed by atoms with Gasteiger partial charge in [0.2, 0.25) is 5.91 Å². The molecule has 0 unspecified atom stereocenters. The Labute approximate surface area is 135 Å². The van der Waals surface area contributed by atoms with Crippen molar-refractivity contribution in [3.05, 3.63) is 46.3 Å². The number of methoxy groups -OCH3 is 1. The van der Waals surface area contributed by atoms with Gasteiger partial charge in [0, 0.05) is 9.92 Å². The first kappa shape index (κ1) is 15.9. The molecule has 0 radical (unpaired) electrons. The summed E-state index contributed by atoms with van der Waals surface area (Å²) < 4.78 is 4.66. The predicted molar refractivity (Wildman–Crippen MR) is 86.5 cm³/mol. The normalized spacial score (nSPS) is 10.2. The van der Waals surface area contributed by atoms with Gasteiger partial charge >= 0.3 is 5.97 Å². The van der Waals surface area contributed by atoms with Crippen molar-refractivity contribution in [3.63, 3.8) is 0 Å². The lowest BCUT2D eigenvalue weighted by molar-refractivity contribution is -0.113. The fourth-order valence-corrected chi connectivity index (χ4v) is 3.13. The Balaban J connectivity index is 1.92. The minimum absolute atomic E-state index is 0.178. The van der Waals surface area contributed by atoms with Crippen LogP contribution in [0.3, 0.4) is 0 Å². The standard InChI is InChI=1S/C14H12ClNO3S2/c1-19-14(18)11-6-7-20-13(11)16-12(17)8-21-10-4-2-9(15)3-5-10/h2-7H,8H2,1H3,(H,16,17). The highest BCUT2D eigenvalue weighted by Crippen LogP contribution is 2.25. The van der Waals surface area contributed by atoms with Crippen LogP contribution in [0.1, 0.15) is 10.4 Å². The summed E-state index contributed by atoms with van der Waals surface area (Å²) in [7, 11) is 1.31. The van der Waals surface area contributed by atoms with E-state index in [9.17, 15) is 9.59 Å². The molecule has 7 heteroatoms. The molecule has 0 spiro atoms. The third-order valence-electron chi connectivity index (χ3n) is 2.51. The Morgan fingerprint density at radius 2 is 2.00 bits per heavy atom. The largest absolute Gasteiger partial charge is 0.465 e. The van der Waals surface area contributed by atoms with Crippen molar-refractivity contribution in [3.8, 4) is 0 Å². The van der Waals surface area contributed by atoms with Crippen LogP contribution in [0.4, 0.5) is 5.00 Å². The molecule has 0 atom stereocenters. The molecule has 110 valence electrons. The highest BCUT2D eigenvalue weighted by atomic mass is 35.5. The third-order valence-corrected chi connectivity index (χ3v) is 4.60. The topological polar surface area (TPSA) is 55.4 Å². The minimum Gasteiger partial charge on any atom is -0.465 e. The fourth-order valence-electron chi connectivity index (χ4n) is 1.52. The quantitative estimate of drug-likeness (QED) is 0.661. The van der Waals surface area contributed by atoms with Gasteiger partial charge in [0.05, 0.1) is 18.4 Å². The number of thiophene rings is 1. The average Bonchev–Trinajstić information content (AvgIpc) is 2.94. The molecular formula is C14H12ClNO3S2. The molecule has 0 bridgehead atoms. The van der Waals surface area contributed by atoms with Crippen LogP contribution in [0.15, 0.2) is 40.6 Å². The zero-order valence-electron chi connectivity index (χ0n) is 11.1. The molecule has 0 saturated heterocycles. The molecule has 2 rings (SSSR count). The van der Waals surface area contributed by atoms with Gasteiger partial charge in [0.1, 0.15) is 5.00 Å². The number of halogens is 1. The first-order valence-electron chi connectivity index (χ1n) is 5.94. The lowest BCUT2D eigenvalue weighted by atomic mass is 10.3. The fraction of sp³-hybridized carbons (Fsp3) is 0.143. The summed E-state index contributed by atoms with van der Waals surface area (Å²) in [6.07, 6.45) is 0. The molecule has 21 heavy (non-hydrogen) atoms. The van der Waals surface area contributed by atoms with Crippen molar-refractivity contribution in [2.75, 3.05) is 18.2 Å². The van der Waals surface area contributed by atoms with Gasteiger partial charge in [-0.1, -0.05) is 11.6 Å². The number of amides is 1. The summed E-state index contributed by atoms with van der Waals surface area (Å²) in [6, 6.07) is 8.88. The summed E-state index contributed by atoms with van der Waals surface area (Å²) in [5.41, 5.74) is 0.368. The van der Waals surface area contributed by atoms with Crippen LogP contribution >= 0.6 is 34.7 Å². The first-order valence-corrected chi connectivity index (χ1v) is 8.18. The summed E-state index contributed by atoms with van der Waals surface area (Å²) in [4.78, 5) is 24.4. The highest BCUT2D eigenvalue weighted by molar-refractivity contribution is 8.00. The molecule has 1 aromatic carbocycles. The molecule has 0 aliphatic heterocycles. The van der Waals surface area contributed by atoms with Crippen LogP contribution in [0.5, 0.6) is 0 Å². The maximum absolute atomic E-state index is 11.9. The van der Waals surface area contributed by atoms with Crippen LogP contribution in [-0.2, 0) is 9.53 Å². The molecule has 1 aromatic heterocycles. The van der Waals surface area contributed by atoms with E-state index in [0.717, 1.165) is 4.90 Å². The molecule has 0 aliphatic carbocycles. The molecule has 0 fully saturated rings. The second kappa shape index (κ2) is 7.49. The van der Waals surface area contributed by atoms with Crippen molar-refractivity contribution in [1.29, 1.82) is 0 Å². The Bertz CT molecular complexity index is 640. The molecule has 0 saturated carbocycles.